The minimum atomic E-state index is -0.482. The lowest BCUT2D eigenvalue weighted by Crippen LogP contribution is -2.07. The first-order chi connectivity index (χ1) is 11.0. The van der Waals surface area contributed by atoms with Crippen LogP contribution in [0, 0.1) is 6.92 Å². The van der Waals surface area contributed by atoms with Crippen molar-refractivity contribution in [3.63, 3.8) is 0 Å². The average Bonchev–Trinajstić information content (AvgIpc) is 2.54. The Labute approximate surface area is 132 Å². The summed E-state index contributed by atoms with van der Waals surface area (Å²) in [5, 5.41) is 10.3. The summed E-state index contributed by atoms with van der Waals surface area (Å²) in [6.45, 7) is 1.84. The van der Waals surface area contributed by atoms with Crippen LogP contribution in [0.1, 0.15) is 5.56 Å². The van der Waals surface area contributed by atoms with Crippen molar-refractivity contribution in [2.45, 2.75) is 6.92 Å². The first-order valence-corrected chi connectivity index (χ1v) is 7.04. The summed E-state index contributed by atoms with van der Waals surface area (Å²) >= 11 is 0. The number of aryl methyl sites for hydroxylation is 1. The fraction of sp³-hybridized carbons (Fsp3) is 0.167. The lowest BCUT2D eigenvalue weighted by Gasteiger charge is -2.12. The lowest BCUT2D eigenvalue weighted by atomic mass is 9.98. The van der Waals surface area contributed by atoms with Gasteiger partial charge in [-0.3, -0.25) is 0 Å². The number of hydrogen-bond acceptors (Lipinski definition) is 5. The third-order valence-corrected chi connectivity index (χ3v) is 3.83. The van der Waals surface area contributed by atoms with E-state index in [1.54, 1.807) is 37.4 Å². The highest BCUT2D eigenvalue weighted by atomic mass is 16.5. The van der Waals surface area contributed by atoms with E-state index in [1.165, 1.54) is 13.2 Å². The largest absolute Gasteiger partial charge is 0.508 e. The first kappa shape index (κ1) is 15.0. The summed E-state index contributed by atoms with van der Waals surface area (Å²) in [4.78, 5) is 12.5. The van der Waals surface area contributed by atoms with Crippen LogP contribution in [0.15, 0.2) is 45.6 Å². The van der Waals surface area contributed by atoms with E-state index in [0.717, 1.165) is 10.9 Å². The molecule has 1 heterocycles. The maximum Gasteiger partial charge on any atom is 0.344 e. The molecular formula is C18H16O5. The third kappa shape index (κ3) is 2.50. The zero-order valence-corrected chi connectivity index (χ0v) is 13.0. The van der Waals surface area contributed by atoms with Gasteiger partial charge in [0.2, 0.25) is 0 Å². The second-order valence-corrected chi connectivity index (χ2v) is 5.14. The molecule has 2 aromatic carbocycles. The lowest BCUT2D eigenvalue weighted by molar-refractivity contribution is 0.395. The SMILES string of the molecule is COc1ccc(-c2c(C)c3ccc(O)cc3oc2=O)c(OC)c1. The smallest absolute Gasteiger partial charge is 0.344 e. The van der Waals surface area contributed by atoms with Gasteiger partial charge in [0, 0.05) is 23.1 Å². The van der Waals surface area contributed by atoms with Crippen molar-refractivity contribution in [1.29, 1.82) is 0 Å². The molecule has 0 saturated carbocycles. The molecule has 3 aromatic rings. The van der Waals surface area contributed by atoms with Crippen molar-refractivity contribution >= 4 is 11.0 Å². The highest BCUT2D eigenvalue weighted by Crippen LogP contribution is 2.35. The number of hydrogen-bond donors (Lipinski definition) is 1. The maximum absolute atomic E-state index is 12.5. The van der Waals surface area contributed by atoms with E-state index < -0.39 is 5.63 Å². The van der Waals surface area contributed by atoms with Crippen LogP contribution in [0.5, 0.6) is 17.2 Å². The van der Waals surface area contributed by atoms with E-state index in [-0.39, 0.29) is 5.75 Å². The predicted molar refractivity (Wildman–Crippen MR) is 87.4 cm³/mol. The molecular weight excluding hydrogens is 296 g/mol. The molecule has 0 fully saturated rings. The Morgan fingerprint density at radius 3 is 2.52 bits per heavy atom. The van der Waals surface area contributed by atoms with Gasteiger partial charge in [0.05, 0.1) is 19.8 Å². The Hall–Kier alpha value is -2.95. The standard InChI is InChI=1S/C18H16O5/c1-10-13-6-4-11(19)8-16(13)23-18(20)17(10)14-7-5-12(21-2)9-15(14)22-3/h4-9,19H,1-3H3. The Morgan fingerprint density at radius 2 is 1.83 bits per heavy atom. The quantitative estimate of drug-likeness (QED) is 0.750. The van der Waals surface area contributed by atoms with Crippen molar-refractivity contribution in [3.05, 3.63) is 52.4 Å². The number of ether oxygens (including phenoxy) is 2. The van der Waals surface area contributed by atoms with Gasteiger partial charge in [-0.15, -0.1) is 0 Å². The van der Waals surface area contributed by atoms with Crippen LogP contribution in [0.2, 0.25) is 0 Å². The highest BCUT2D eigenvalue weighted by Gasteiger charge is 2.17. The monoisotopic (exact) mass is 312 g/mol. The van der Waals surface area contributed by atoms with Gasteiger partial charge in [0.25, 0.3) is 0 Å². The molecule has 5 heteroatoms. The van der Waals surface area contributed by atoms with E-state index in [2.05, 4.69) is 0 Å². The number of phenols is 1. The van der Waals surface area contributed by atoms with E-state index in [4.69, 9.17) is 13.9 Å². The third-order valence-electron chi connectivity index (χ3n) is 3.83. The normalized spacial score (nSPS) is 10.7. The van der Waals surface area contributed by atoms with Crippen LogP contribution in [0.4, 0.5) is 0 Å². The van der Waals surface area contributed by atoms with Crippen LogP contribution in [0.25, 0.3) is 22.1 Å². The summed E-state index contributed by atoms with van der Waals surface area (Å²) in [6, 6.07) is 9.96. The molecule has 0 aliphatic carbocycles. The molecule has 0 unspecified atom stereocenters. The molecule has 0 bridgehead atoms. The van der Waals surface area contributed by atoms with Gasteiger partial charge in [-0.2, -0.15) is 0 Å². The molecule has 0 aliphatic rings. The van der Waals surface area contributed by atoms with Gasteiger partial charge in [0.15, 0.2) is 0 Å². The fourth-order valence-corrected chi connectivity index (χ4v) is 2.66. The van der Waals surface area contributed by atoms with E-state index in [0.29, 0.717) is 28.2 Å². The van der Waals surface area contributed by atoms with Gasteiger partial charge in [-0.05, 0) is 36.8 Å². The number of aromatic hydroxyl groups is 1. The zero-order valence-electron chi connectivity index (χ0n) is 13.0. The number of rotatable bonds is 3. The van der Waals surface area contributed by atoms with E-state index >= 15 is 0 Å². The van der Waals surface area contributed by atoms with E-state index in [1.807, 2.05) is 6.92 Å². The van der Waals surface area contributed by atoms with Crippen molar-refractivity contribution in [3.8, 4) is 28.4 Å². The van der Waals surface area contributed by atoms with Crippen LogP contribution in [-0.2, 0) is 0 Å². The van der Waals surface area contributed by atoms with Gasteiger partial charge < -0.3 is 19.0 Å². The molecule has 1 aromatic heterocycles. The molecule has 0 atom stereocenters. The molecule has 3 rings (SSSR count). The second-order valence-electron chi connectivity index (χ2n) is 5.14. The van der Waals surface area contributed by atoms with Crippen LogP contribution < -0.4 is 15.1 Å². The molecule has 1 N–H and O–H groups in total. The average molecular weight is 312 g/mol. The van der Waals surface area contributed by atoms with Crippen LogP contribution in [0.3, 0.4) is 0 Å². The second kappa shape index (κ2) is 5.68. The highest BCUT2D eigenvalue weighted by molar-refractivity contribution is 5.88. The van der Waals surface area contributed by atoms with Gasteiger partial charge in [-0.1, -0.05) is 0 Å². The summed E-state index contributed by atoms with van der Waals surface area (Å²) in [5.41, 5.74) is 1.70. The molecule has 118 valence electrons. The Kier molecular flexibility index (Phi) is 3.70. The molecule has 23 heavy (non-hydrogen) atoms. The summed E-state index contributed by atoms with van der Waals surface area (Å²) in [5.74, 6) is 1.21. The Balaban J connectivity index is 2.32. The zero-order chi connectivity index (χ0) is 16.6. The molecule has 5 nitrogen and oxygen atoms in total. The van der Waals surface area contributed by atoms with Crippen molar-refractivity contribution < 1.29 is 19.0 Å². The molecule has 0 radical (unpaired) electrons. The van der Waals surface area contributed by atoms with Crippen molar-refractivity contribution in [2.75, 3.05) is 14.2 Å². The molecule has 0 saturated heterocycles. The number of fused-ring (bicyclic) bond motifs is 1. The predicted octanol–water partition coefficient (Wildman–Crippen LogP) is 3.49. The van der Waals surface area contributed by atoms with Crippen molar-refractivity contribution in [2.24, 2.45) is 0 Å². The number of benzene rings is 2. The number of phenolic OH excluding ortho intramolecular Hbond substituents is 1. The minimum Gasteiger partial charge on any atom is -0.508 e. The molecule has 0 amide bonds. The fourth-order valence-electron chi connectivity index (χ4n) is 2.66. The summed E-state index contributed by atoms with van der Waals surface area (Å²) in [7, 11) is 3.10. The maximum atomic E-state index is 12.5. The molecule has 0 spiro atoms. The minimum absolute atomic E-state index is 0.0508. The Morgan fingerprint density at radius 1 is 1.04 bits per heavy atom. The van der Waals surface area contributed by atoms with Gasteiger partial charge >= 0.3 is 5.63 Å². The summed E-state index contributed by atoms with van der Waals surface area (Å²) in [6.07, 6.45) is 0. The van der Waals surface area contributed by atoms with Crippen LogP contribution >= 0.6 is 0 Å². The Bertz CT molecular complexity index is 940. The van der Waals surface area contributed by atoms with Crippen LogP contribution in [-0.4, -0.2) is 19.3 Å². The topological polar surface area (TPSA) is 68.9 Å². The summed E-state index contributed by atoms with van der Waals surface area (Å²) < 4.78 is 15.9. The number of methoxy groups -OCH3 is 2. The first-order valence-electron chi connectivity index (χ1n) is 7.04. The van der Waals surface area contributed by atoms with E-state index in [9.17, 15) is 9.90 Å². The van der Waals surface area contributed by atoms with Gasteiger partial charge in [-0.25, -0.2) is 4.79 Å². The van der Waals surface area contributed by atoms with Crippen molar-refractivity contribution in [1.82, 2.24) is 0 Å². The van der Waals surface area contributed by atoms with Gasteiger partial charge in [0.1, 0.15) is 22.8 Å². The molecule has 0 aliphatic heterocycles.